The smallest absolute Gasteiger partial charge is 0.269 e. The lowest BCUT2D eigenvalue weighted by molar-refractivity contribution is 0.0946. The van der Waals surface area contributed by atoms with Crippen LogP contribution in [0.15, 0.2) is 36.5 Å². The van der Waals surface area contributed by atoms with Crippen LogP contribution in [0.2, 0.25) is 0 Å². The maximum Gasteiger partial charge on any atom is 0.269 e. The molecule has 1 aromatic carbocycles. The number of carbonyl (C=O) groups excluding carboxylic acids is 1. The number of hydrogen-bond donors (Lipinski definition) is 2. The van der Waals surface area contributed by atoms with Crippen LogP contribution in [-0.2, 0) is 0 Å². The molecule has 23 heavy (non-hydrogen) atoms. The van der Waals surface area contributed by atoms with Gasteiger partial charge in [0.25, 0.3) is 5.91 Å². The fraction of sp³-hybridized carbons (Fsp3) is 0.333. The number of pyridine rings is 1. The second-order valence-electron chi connectivity index (χ2n) is 5.91. The van der Waals surface area contributed by atoms with Gasteiger partial charge >= 0.3 is 0 Å². The summed E-state index contributed by atoms with van der Waals surface area (Å²) in [6.07, 6.45) is 1.64. The number of aromatic nitrogens is 1. The van der Waals surface area contributed by atoms with Crippen molar-refractivity contribution in [1.29, 1.82) is 0 Å². The van der Waals surface area contributed by atoms with Gasteiger partial charge in [-0.25, -0.2) is 0 Å². The fourth-order valence-electron chi connectivity index (χ4n) is 2.10. The minimum Gasteiger partial charge on any atom is -0.355 e. The summed E-state index contributed by atoms with van der Waals surface area (Å²) < 4.78 is 0. The van der Waals surface area contributed by atoms with Crippen molar-refractivity contribution in [3.63, 3.8) is 0 Å². The highest BCUT2D eigenvalue weighted by Crippen LogP contribution is 2.19. The molecule has 5 heteroatoms. The Labute approximate surface area is 137 Å². The highest BCUT2D eigenvalue weighted by molar-refractivity contribution is 5.93. The first-order chi connectivity index (χ1) is 11.0. The molecule has 0 atom stereocenters. The van der Waals surface area contributed by atoms with Gasteiger partial charge in [0.2, 0.25) is 0 Å². The normalized spacial score (nSPS) is 10.7. The maximum absolute atomic E-state index is 12.1. The fourth-order valence-corrected chi connectivity index (χ4v) is 2.10. The van der Waals surface area contributed by atoms with E-state index in [4.69, 9.17) is 0 Å². The summed E-state index contributed by atoms with van der Waals surface area (Å²) in [5.41, 5.74) is 4.74. The highest BCUT2D eigenvalue weighted by Gasteiger charge is 2.08. The number of hydrogen-bond acceptors (Lipinski definition) is 4. The quantitative estimate of drug-likeness (QED) is 0.861. The van der Waals surface area contributed by atoms with Gasteiger partial charge in [-0.1, -0.05) is 6.07 Å². The largest absolute Gasteiger partial charge is 0.355 e. The van der Waals surface area contributed by atoms with Crippen LogP contribution >= 0.6 is 0 Å². The number of carbonyl (C=O) groups is 1. The minimum atomic E-state index is -0.157. The summed E-state index contributed by atoms with van der Waals surface area (Å²) in [4.78, 5) is 18.3. The molecule has 2 rings (SSSR count). The van der Waals surface area contributed by atoms with E-state index in [1.165, 1.54) is 11.1 Å². The van der Waals surface area contributed by atoms with Crippen LogP contribution in [0.4, 0.5) is 11.4 Å². The molecule has 5 nitrogen and oxygen atoms in total. The molecule has 0 spiro atoms. The summed E-state index contributed by atoms with van der Waals surface area (Å²) in [5.74, 6) is -0.157. The van der Waals surface area contributed by atoms with Crippen LogP contribution in [0, 0.1) is 13.8 Å². The van der Waals surface area contributed by atoms with E-state index in [2.05, 4.69) is 41.6 Å². The molecule has 0 saturated carbocycles. The molecule has 0 unspecified atom stereocenters. The van der Waals surface area contributed by atoms with E-state index in [0.29, 0.717) is 12.2 Å². The molecule has 0 aliphatic heterocycles. The SMILES string of the molecule is Cc1ccc(Nc2ccnc(C(=O)NCCN(C)C)c2)cc1C. The Kier molecular flexibility index (Phi) is 5.71. The lowest BCUT2D eigenvalue weighted by Gasteiger charge is -2.11. The molecule has 2 aromatic rings. The Morgan fingerprint density at radius 1 is 1.09 bits per heavy atom. The van der Waals surface area contributed by atoms with E-state index in [1.54, 1.807) is 12.3 Å². The monoisotopic (exact) mass is 312 g/mol. The van der Waals surface area contributed by atoms with Crippen molar-refractivity contribution in [1.82, 2.24) is 15.2 Å². The van der Waals surface area contributed by atoms with E-state index in [1.807, 2.05) is 31.1 Å². The second-order valence-corrected chi connectivity index (χ2v) is 5.91. The zero-order valence-electron chi connectivity index (χ0n) is 14.2. The summed E-state index contributed by atoms with van der Waals surface area (Å²) in [6.45, 7) is 5.56. The standard InChI is InChI=1S/C18H24N4O/c1-13-5-6-15(11-14(13)2)21-16-7-8-19-17(12-16)18(23)20-9-10-22(3)4/h5-8,11-12H,9-10H2,1-4H3,(H,19,21)(H,20,23). The average molecular weight is 312 g/mol. The minimum absolute atomic E-state index is 0.157. The zero-order chi connectivity index (χ0) is 16.8. The van der Waals surface area contributed by atoms with Gasteiger partial charge in [0, 0.05) is 30.7 Å². The van der Waals surface area contributed by atoms with Gasteiger partial charge < -0.3 is 15.5 Å². The summed E-state index contributed by atoms with van der Waals surface area (Å²) >= 11 is 0. The van der Waals surface area contributed by atoms with Crippen LogP contribution in [0.3, 0.4) is 0 Å². The first-order valence-electron chi connectivity index (χ1n) is 7.69. The van der Waals surface area contributed by atoms with Crippen molar-refractivity contribution in [3.05, 3.63) is 53.3 Å². The molecule has 122 valence electrons. The molecular weight excluding hydrogens is 288 g/mol. The first-order valence-corrected chi connectivity index (χ1v) is 7.69. The lowest BCUT2D eigenvalue weighted by atomic mass is 10.1. The number of aryl methyl sites for hydroxylation is 2. The molecule has 0 bridgehead atoms. The van der Waals surface area contributed by atoms with Gasteiger partial charge in [-0.3, -0.25) is 9.78 Å². The lowest BCUT2D eigenvalue weighted by Crippen LogP contribution is -2.31. The van der Waals surface area contributed by atoms with E-state index < -0.39 is 0 Å². The van der Waals surface area contributed by atoms with Crippen molar-refractivity contribution in [2.45, 2.75) is 13.8 Å². The van der Waals surface area contributed by atoms with Crippen LogP contribution in [-0.4, -0.2) is 43.0 Å². The van der Waals surface area contributed by atoms with Crippen molar-refractivity contribution in [2.24, 2.45) is 0 Å². The second kappa shape index (κ2) is 7.74. The summed E-state index contributed by atoms with van der Waals surface area (Å²) in [5, 5.41) is 6.18. The zero-order valence-corrected chi connectivity index (χ0v) is 14.2. The average Bonchev–Trinajstić information content (AvgIpc) is 2.51. The summed E-state index contributed by atoms with van der Waals surface area (Å²) in [6, 6.07) is 9.81. The Balaban J connectivity index is 2.04. The predicted molar refractivity (Wildman–Crippen MR) is 94.3 cm³/mol. The predicted octanol–water partition coefficient (Wildman–Crippen LogP) is 2.73. The number of rotatable bonds is 6. The maximum atomic E-state index is 12.1. The molecule has 1 heterocycles. The van der Waals surface area contributed by atoms with E-state index in [-0.39, 0.29) is 5.91 Å². The van der Waals surface area contributed by atoms with Gasteiger partial charge in [0.15, 0.2) is 0 Å². The molecule has 0 aliphatic rings. The van der Waals surface area contributed by atoms with Crippen LogP contribution in [0.1, 0.15) is 21.6 Å². The van der Waals surface area contributed by atoms with Gasteiger partial charge in [0.1, 0.15) is 5.69 Å². The first kappa shape index (κ1) is 17.0. The van der Waals surface area contributed by atoms with Crippen molar-refractivity contribution in [3.8, 4) is 0 Å². The van der Waals surface area contributed by atoms with Crippen molar-refractivity contribution in [2.75, 3.05) is 32.5 Å². The van der Waals surface area contributed by atoms with Crippen LogP contribution < -0.4 is 10.6 Å². The third-order valence-corrected chi connectivity index (χ3v) is 3.63. The molecule has 1 aromatic heterocycles. The number of anilines is 2. The van der Waals surface area contributed by atoms with E-state index >= 15 is 0 Å². The van der Waals surface area contributed by atoms with E-state index in [0.717, 1.165) is 17.9 Å². The Hall–Kier alpha value is -2.40. The van der Waals surface area contributed by atoms with Gasteiger partial charge in [-0.05, 0) is 63.3 Å². The number of nitrogens with one attached hydrogen (secondary N) is 2. The number of benzene rings is 1. The van der Waals surface area contributed by atoms with E-state index in [9.17, 15) is 4.79 Å². The third kappa shape index (κ3) is 5.07. The highest BCUT2D eigenvalue weighted by atomic mass is 16.1. The molecule has 1 amide bonds. The molecule has 0 aliphatic carbocycles. The Bertz CT molecular complexity index is 682. The molecule has 0 radical (unpaired) electrons. The number of amides is 1. The number of likely N-dealkylation sites (N-methyl/N-ethyl adjacent to an activating group) is 1. The summed E-state index contributed by atoms with van der Waals surface area (Å²) in [7, 11) is 3.94. The molecule has 0 fully saturated rings. The number of nitrogens with zero attached hydrogens (tertiary/aromatic N) is 2. The van der Waals surface area contributed by atoms with Crippen molar-refractivity contribution < 1.29 is 4.79 Å². The van der Waals surface area contributed by atoms with Crippen LogP contribution in [0.5, 0.6) is 0 Å². The molecule has 2 N–H and O–H groups in total. The molecular formula is C18H24N4O. The molecule has 0 saturated heterocycles. The van der Waals surface area contributed by atoms with Gasteiger partial charge in [-0.2, -0.15) is 0 Å². The van der Waals surface area contributed by atoms with Gasteiger partial charge in [-0.15, -0.1) is 0 Å². The third-order valence-electron chi connectivity index (χ3n) is 3.63. The van der Waals surface area contributed by atoms with Crippen LogP contribution in [0.25, 0.3) is 0 Å². The van der Waals surface area contributed by atoms with Crippen molar-refractivity contribution >= 4 is 17.3 Å². The topological polar surface area (TPSA) is 57.3 Å². The Morgan fingerprint density at radius 2 is 1.83 bits per heavy atom. The Morgan fingerprint density at radius 3 is 2.52 bits per heavy atom. The van der Waals surface area contributed by atoms with Gasteiger partial charge in [0.05, 0.1) is 0 Å².